The lowest BCUT2D eigenvalue weighted by Crippen LogP contribution is -2.16. The van der Waals surface area contributed by atoms with Crippen LogP contribution in [0.2, 0.25) is 0 Å². The molecule has 0 bridgehead atoms. The second-order valence-electron chi connectivity index (χ2n) is 6.30. The predicted molar refractivity (Wildman–Crippen MR) is 96.1 cm³/mol. The first-order valence-corrected chi connectivity index (χ1v) is 8.42. The number of rotatable bonds is 5. The molecule has 0 aliphatic rings. The van der Waals surface area contributed by atoms with Gasteiger partial charge in [-0.25, -0.2) is 4.39 Å². The smallest absolute Gasteiger partial charge is 0.366 e. The Kier molecular flexibility index (Phi) is 5.44. The van der Waals surface area contributed by atoms with Gasteiger partial charge in [-0.3, -0.25) is 9.78 Å². The van der Waals surface area contributed by atoms with E-state index in [1.165, 1.54) is 18.2 Å². The molecule has 0 aliphatic heterocycles. The molecule has 28 heavy (non-hydrogen) atoms. The third kappa shape index (κ3) is 4.36. The molecule has 0 spiro atoms. The topological polar surface area (TPSA) is 56.0 Å². The van der Waals surface area contributed by atoms with Crippen LogP contribution in [0.5, 0.6) is 0 Å². The minimum Gasteiger partial charge on any atom is -0.366 e. The van der Waals surface area contributed by atoms with Crippen molar-refractivity contribution in [3.05, 3.63) is 101 Å². The van der Waals surface area contributed by atoms with E-state index in [1.807, 2.05) is 0 Å². The van der Waals surface area contributed by atoms with Crippen LogP contribution >= 0.6 is 0 Å². The van der Waals surface area contributed by atoms with Gasteiger partial charge in [0.2, 0.25) is 5.91 Å². The minimum atomic E-state index is -4.54. The van der Waals surface area contributed by atoms with Gasteiger partial charge in [0.1, 0.15) is 11.5 Å². The maximum atomic E-state index is 13.3. The molecule has 1 aromatic heterocycles. The highest BCUT2D eigenvalue weighted by molar-refractivity contribution is 5.94. The number of carbonyl (C=O) groups is 1. The second kappa shape index (κ2) is 7.80. The molecule has 3 rings (SSSR count). The summed E-state index contributed by atoms with van der Waals surface area (Å²) in [6, 6.07) is 14.7. The Balaban J connectivity index is 2.04. The fourth-order valence-corrected chi connectivity index (χ4v) is 3.06. The number of carbonyl (C=O) groups excluding carboxylic acids is 1. The summed E-state index contributed by atoms with van der Waals surface area (Å²) in [6.45, 7) is 0. The molecule has 7 heteroatoms. The highest BCUT2D eigenvalue weighted by atomic mass is 19.4. The maximum Gasteiger partial charge on any atom is 0.433 e. The van der Waals surface area contributed by atoms with E-state index in [0.29, 0.717) is 22.3 Å². The number of hydrogen-bond donors (Lipinski definition) is 1. The molecule has 1 atom stereocenters. The monoisotopic (exact) mass is 388 g/mol. The SMILES string of the molecule is NC(=O)c1ccccc1CC(c1ccc(F)cc1)c1ccc(C(F)(F)F)nc1. The number of primary amides is 1. The number of nitrogens with zero attached hydrogens (tertiary/aromatic N) is 1. The van der Waals surface area contributed by atoms with Crippen LogP contribution in [-0.2, 0) is 12.6 Å². The summed E-state index contributed by atoms with van der Waals surface area (Å²) in [4.78, 5) is 15.2. The quantitative estimate of drug-likeness (QED) is 0.644. The highest BCUT2D eigenvalue weighted by Crippen LogP contribution is 2.32. The van der Waals surface area contributed by atoms with Gasteiger partial charge < -0.3 is 5.73 Å². The second-order valence-corrected chi connectivity index (χ2v) is 6.30. The van der Waals surface area contributed by atoms with Crippen LogP contribution in [0, 0.1) is 5.82 Å². The summed E-state index contributed by atoms with van der Waals surface area (Å²) >= 11 is 0. The van der Waals surface area contributed by atoms with Crippen molar-refractivity contribution in [2.45, 2.75) is 18.5 Å². The van der Waals surface area contributed by atoms with Crippen molar-refractivity contribution in [3.63, 3.8) is 0 Å². The van der Waals surface area contributed by atoms with Crippen molar-refractivity contribution in [2.75, 3.05) is 0 Å². The lowest BCUT2D eigenvalue weighted by Gasteiger charge is -2.20. The molecule has 3 nitrogen and oxygen atoms in total. The van der Waals surface area contributed by atoms with Gasteiger partial charge in [-0.05, 0) is 47.4 Å². The Morgan fingerprint density at radius 3 is 2.18 bits per heavy atom. The Labute approximate surface area is 158 Å². The van der Waals surface area contributed by atoms with Gasteiger partial charge in [-0.15, -0.1) is 0 Å². The van der Waals surface area contributed by atoms with Crippen LogP contribution < -0.4 is 5.73 Å². The predicted octanol–water partition coefficient (Wildman–Crippen LogP) is 4.71. The molecule has 1 unspecified atom stereocenters. The average Bonchev–Trinajstić information content (AvgIpc) is 2.66. The summed E-state index contributed by atoms with van der Waals surface area (Å²) in [6.07, 6.45) is -3.09. The maximum absolute atomic E-state index is 13.3. The minimum absolute atomic E-state index is 0.289. The number of nitrogens with two attached hydrogens (primary N) is 1. The van der Waals surface area contributed by atoms with E-state index < -0.39 is 29.5 Å². The zero-order chi connectivity index (χ0) is 20.3. The van der Waals surface area contributed by atoms with E-state index in [1.54, 1.807) is 36.4 Å². The normalized spacial score (nSPS) is 12.6. The van der Waals surface area contributed by atoms with Gasteiger partial charge >= 0.3 is 6.18 Å². The summed E-state index contributed by atoms with van der Waals surface area (Å²) < 4.78 is 51.8. The van der Waals surface area contributed by atoms with Crippen molar-refractivity contribution in [1.29, 1.82) is 0 Å². The number of hydrogen-bond acceptors (Lipinski definition) is 2. The lowest BCUT2D eigenvalue weighted by atomic mass is 9.85. The number of amides is 1. The molecule has 0 radical (unpaired) electrons. The average molecular weight is 388 g/mol. The molecular weight excluding hydrogens is 372 g/mol. The van der Waals surface area contributed by atoms with Crippen molar-refractivity contribution >= 4 is 5.91 Å². The Morgan fingerprint density at radius 1 is 0.964 bits per heavy atom. The molecule has 2 N–H and O–H groups in total. The summed E-state index contributed by atoms with van der Waals surface area (Å²) in [5.41, 5.74) is 6.60. The van der Waals surface area contributed by atoms with E-state index in [2.05, 4.69) is 4.98 Å². The Morgan fingerprint density at radius 2 is 1.61 bits per heavy atom. The number of alkyl halides is 3. The van der Waals surface area contributed by atoms with E-state index in [0.717, 1.165) is 12.3 Å². The van der Waals surface area contributed by atoms with Gasteiger partial charge in [0.05, 0.1) is 0 Å². The summed E-state index contributed by atoms with van der Waals surface area (Å²) in [5, 5.41) is 0. The summed E-state index contributed by atoms with van der Waals surface area (Å²) in [5.74, 6) is -1.46. The molecule has 3 aromatic rings. The highest BCUT2D eigenvalue weighted by Gasteiger charge is 2.32. The van der Waals surface area contributed by atoms with E-state index in [4.69, 9.17) is 5.73 Å². The van der Waals surface area contributed by atoms with Gasteiger partial charge in [0.25, 0.3) is 0 Å². The van der Waals surface area contributed by atoms with Crippen LogP contribution in [0.1, 0.15) is 38.7 Å². The third-order valence-corrected chi connectivity index (χ3v) is 4.46. The third-order valence-electron chi connectivity index (χ3n) is 4.46. The molecule has 0 saturated carbocycles. The van der Waals surface area contributed by atoms with Crippen molar-refractivity contribution < 1.29 is 22.4 Å². The van der Waals surface area contributed by atoms with Crippen LogP contribution in [0.25, 0.3) is 0 Å². The largest absolute Gasteiger partial charge is 0.433 e. The van der Waals surface area contributed by atoms with E-state index in [-0.39, 0.29) is 6.42 Å². The Bertz CT molecular complexity index is 967. The zero-order valence-electron chi connectivity index (χ0n) is 14.6. The molecule has 2 aromatic carbocycles. The standard InChI is InChI=1S/C21H16F4N2O/c22-16-8-5-13(6-9-16)18(11-14-3-1-2-4-17(14)20(26)28)15-7-10-19(27-12-15)21(23,24)25/h1-10,12,18H,11H2,(H2,26,28). The molecule has 0 fully saturated rings. The number of halogens is 4. The molecular formula is C21H16F4N2O. The van der Waals surface area contributed by atoms with Crippen molar-refractivity contribution in [2.24, 2.45) is 5.73 Å². The zero-order valence-corrected chi connectivity index (χ0v) is 14.6. The van der Waals surface area contributed by atoms with Gasteiger partial charge in [0.15, 0.2) is 0 Å². The number of aromatic nitrogens is 1. The van der Waals surface area contributed by atoms with Gasteiger partial charge in [-0.2, -0.15) is 13.2 Å². The molecule has 1 heterocycles. The molecule has 0 saturated heterocycles. The van der Waals surface area contributed by atoms with Crippen LogP contribution in [0.3, 0.4) is 0 Å². The fraction of sp³-hybridized carbons (Fsp3) is 0.143. The first kappa shape index (κ1) is 19.5. The Hall–Kier alpha value is -3.22. The van der Waals surface area contributed by atoms with Gasteiger partial charge in [-0.1, -0.05) is 36.4 Å². The first-order valence-electron chi connectivity index (χ1n) is 8.42. The van der Waals surface area contributed by atoms with Crippen LogP contribution in [0.4, 0.5) is 17.6 Å². The van der Waals surface area contributed by atoms with Crippen LogP contribution in [-0.4, -0.2) is 10.9 Å². The van der Waals surface area contributed by atoms with Gasteiger partial charge in [0, 0.05) is 17.7 Å². The molecule has 144 valence electrons. The molecule has 0 aliphatic carbocycles. The first-order chi connectivity index (χ1) is 13.3. The fourth-order valence-electron chi connectivity index (χ4n) is 3.06. The number of pyridine rings is 1. The van der Waals surface area contributed by atoms with E-state index >= 15 is 0 Å². The number of benzene rings is 2. The summed E-state index contributed by atoms with van der Waals surface area (Å²) in [7, 11) is 0. The van der Waals surface area contributed by atoms with Crippen LogP contribution in [0.15, 0.2) is 66.9 Å². The molecule has 1 amide bonds. The van der Waals surface area contributed by atoms with Crippen molar-refractivity contribution in [3.8, 4) is 0 Å². The van der Waals surface area contributed by atoms with Crippen molar-refractivity contribution in [1.82, 2.24) is 4.98 Å². The van der Waals surface area contributed by atoms with E-state index in [9.17, 15) is 22.4 Å². The lowest BCUT2D eigenvalue weighted by molar-refractivity contribution is -0.141.